The zero-order valence-electron chi connectivity index (χ0n) is 19.0. The summed E-state index contributed by atoms with van der Waals surface area (Å²) in [6.07, 6.45) is 9.89. The Morgan fingerprint density at radius 1 is 1.00 bits per heavy atom. The maximum atomic E-state index is 3.84. The second-order valence-electron chi connectivity index (χ2n) is 11.1. The Hall–Kier alpha value is -0.120. The quantitative estimate of drug-likeness (QED) is 0.530. The summed E-state index contributed by atoms with van der Waals surface area (Å²) in [5, 5.41) is 3.84. The van der Waals surface area contributed by atoms with E-state index in [1.807, 2.05) is 0 Å². The van der Waals surface area contributed by atoms with Gasteiger partial charge in [0.1, 0.15) is 0 Å². The minimum atomic E-state index is 0.612. The normalized spacial score (nSPS) is 25.9. The fourth-order valence-corrected chi connectivity index (χ4v) is 5.81. The summed E-state index contributed by atoms with van der Waals surface area (Å²) >= 11 is 0. The predicted octanol–water partition coefficient (Wildman–Crippen LogP) is 4.62. The smallest absolute Gasteiger partial charge is 0.00510 e. The van der Waals surface area contributed by atoms with Crippen molar-refractivity contribution < 1.29 is 0 Å². The third-order valence-corrected chi connectivity index (χ3v) is 7.89. The number of nitrogens with one attached hydrogen (secondary N) is 1. The van der Waals surface area contributed by atoms with Crippen LogP contribution in [-0.2, 0) is 0 Å². The highest BCUT2D eigenvalue weighted by molar-refractivity contribution is 4.97. The second-order valence-corrected chi connectivity index (χ2v) is 11.1. The number of rotatable bonds is 11. The zero-order chi connectivity index (χ0) is 19.5. The molecule has 3 aliphatic rings. The van der Waals surface area contributed by atoms with Crippen LogP contribution in [0.2, 0.25) is 0 Å². The molecule has 1 aliphatic carbocycles. The molecule has 0 amide bonds. The summed E-state index contributed by atoms with van der Waals surface area (Å²) < 4.78 is 0. The molecule has 0 aromatic carbocycles. The lowest BCUT2D eigenvalue weighted by Crippen LogP contribution is -2.58. The molecule has 0 bridgehead atoms. The van der Waals surface area contributed by atoms with Crippen LogP contribution in [0, 0.1) is 22.7 Å². The van der Waals surface area contributed by atoms with Crippen molar-refractivity contribution in [2.45, 2.75) is 85.6 Å². The van der Waals surface area contributed by atoms with Crippen molar-refractivity contribution in [1.29, 1.82) is 0 Å². The summed E-state index contributed by atoms with van der Waals surface area (Å²) in [5.74, 6) is 1.79. The van der Waals surface area contributed by atoms with Crippen molar-refractivity contribution in [3.05, 3.63) is 0 Å². The largest absolute Gasteiger partial charge is 0.316 e. The summed E-state index contributed by atoms with van der Waals surface area (Å²) in [6, 6.07) is 0.727. The van der Waals surface area contributed by atoms with Crippen LogP contribution in [-0.4, -0.2) is 61.7 Å². The number of hydrogen-bond donors (Lipinski definition) is 1. The molecule has 0 aromatic rings. The van der Waals surface area contributed by atoms with Crippen molar-refractivity contribution >= 4 is 0 Å². The van der Waals surface area contributed by atoms with Crippen LogP contribution in [0.5, 0.6) is 0 Å². The molecule has 1 N–H and O–H groups in total. The lowest BCUT2D eigenvalue weighted by atomic mass is 9.74. The van der Waals surface area contributed by atoms with Gasteiger partial charge in [-0.1, -0.05) is 20.8 Å². The first kappa shape index (κ1) is 21.6. The molecule has 0 aromatic heterocycles. The van der Waals surface area contributed by atoms with E-state index in [4.69, 9.17) is 0 Å². The van der Waals surface area contributed by atoms with Crippen LogP contribution >= 0.6 is 0 Å². The lowest BCUT2D eigenvalue weighted by Gasteiger charge is -2.52. The molecule has 0 atom stereocenters. The number of nitrogens with zero attached hydrogens (tertiary/aromatic N) is 2. The minimum absolute atomic E-state index is 0.612. The van der Waals surface area contributed by atoms with Crippen molar-refractivity contribution in [2.24, 2.45) is 22.7 Å². The van der Waals surface area contributed by atoms with E-state index in [0.29, 0.717) is 10.8 Å². The van der Waals surface area contributed by atoms with Gasteiger partial charge in [0.25, 0.3) is 0 Å². The predicted molar refractivity (Wildman–Crippen MR) is 117 cm³/mol. The van der Waals surface area contributed by atoms with E-state index in [1.54, 1.807) is 0 Å². The number of likely N-dealkylation sites (tertiary alicyclic amines) is 2. The molecule has 0 radical (unpaired) electrons. The van der Waals surface area contributed by atoms with Gasteiger partial charge in [0.15, 0.2) is 0 Å². The molecular weight excluding hydrogens is 330 g/mol. The molecule has 0 unspecified atom stereocenters. The Kier molecular flexibility index (Phi) is 7.30. The van der Waals surface area contributed by atoms with Crippen LogP contribution in [0.3, 0.4) is 0 Å². The van der Waals surface area contributed by atoms with E-state index in [-0.39, 0.29) is 0 Å². The summed E-state index contributed by atoms with van der Waals surface area (Å²) in [5.41, 5.74) is 1.28. The van der Waals surface area contributed by atoms with Crippen molar-refractivity contribution in [3.63, 3.8) is 0 Å². The van der Waals surface area contributed by atoms with Crippen molar-refractivity contribution in [1.82, 2.24) is 15.1 Å². The first-order valence-corrected chi connectivity index (χ1v) is 12.0. The summed E-state index contributed by atoms with van der Waals surface area (Å²) in [4.78, 5) is 5.42. The van der Waals surface area contributed by atoms with E-state index in [0.717, 1.165) is 17.9 Å². The van der Waals surface area contributed by atoms with Gasteiger partial charge in [0.05, 0.1) is 0 Å². The number of hydrogen-bond acceptors (Lipinski definition) is 3. The highest BCUT2D eigenvalue weighted by atomic mass is 15.2. The van der Waals surface area contributed by atoms with Crippen molar-refractivity contribution in [2.75, 3.05) is 45.8 Å². The molecule has 27 heavy (non-hydrogen) atoms. The standard InChI is InChI=1S/C24H47N3/c1-6-23(11-12-25-17-24(9-10-24)15-20(2)3)18-26(19-23)16-22-7-13-27(14-8-22)21(4)5/h20-22,25H,6-19H2,1-5H3. The van der Waals surface area contributed by atoms with E-state index in [2.05, 4.69) is 49.7 Å². The second kappa shape index (κ2) is 9.13. The van der Waals surface area contributed by atoms with E-state index >= 15 is 0 Å². The Balaban J connectivity index is 1.30. The molecule has 3 heteroatoms. The molecule has 3 fully saturated rings. The van der Waals surface area contributed by atoms with Gasteiger partial charge >= 0.3 is 0 Å². The van der Waals surface area contributed by atoms with Gasteiger partial charge < -0.3 is 15.1 Å². The fraction of sp³-hybridized carbons (Fsp3) is 1.00. The van der Waals surface area contributed by atoms with Crippen LogP contribution in [0.15, 0.2) is 0 Å². The average Bonchev–Trinajstić information content (AvgIpc) is 3.35. The highest BCUT2D eigenvalue weighted by Crippen LogP contribution is 2.50. The monoisotopic (exact) mass is 377 g/mol. The van der Waals surface area contributed by atoms with Gasteiger partial charge in [-0.05, 0) is 101 Å². The molecule has 2 aliphatic heterocycles. The molecule has 1 saturated carbocycles. The Morgan fingerprint density at radius 2 is 1.67 bits per heavy atom. The first-order valence-electron chi connectivity index (χ1n) is 12.0. The average molecular weight is 378 g/mol. The maximum absolute atomic E-state index is 3.84. The Bertz CT molecular complexity index is 441. The maximum Gasteiger partial charge on any atom is 0.00510 e. The molecule has 2 saturated heterocycles. The number of piperidine rings is 1. The zero-order valence-corrected chi connectivity index (χ0v) is 19.0. The van der Waals surface area contributed by atoms with Crippen molar-refractivity contribution in [3.8, 4) is 0 Å². The van der Waals surface area contributed by atoms with Gasteiger partial charge in [-0.2, -0.15) is 0 Å². The minimum Gasteiger partial charge on any atom is -0.316 e. The van der Waals surface area contributed by atoms with E-state index in [9.17, 15) is 0 Å². The molecule has 158 valence electrons. The van der Waals surface area contributed by atoms with Crippen LogP contribution < -0.4 is 5.32 Å². The summed E-state index contributed by atoms with van der Waals surface area (Å²) in [6.45, 7) is 21.0. The van der Waals surface area contributed by atoms with E-state index < -0.39 is 0 Å². The van der Waals surface area contributed by atoms with E-state index in [1.165, 1.54) is 90.8 Å². The lowest BCUT2D eigenvalue weighted by molar-refractivity contribution is -0.0261. The van der Waals surface area contributed by atoms with Crippen LogP contribution in [0.1, 0.15) is 79.6 Å². The fourth-order valence-electron chi connectivity index (χ4n) is 5.81. The third kappa shape index (κ3) is 5.93. The molecule has 3 rings (SSSR count). The van der Waals surface area contributed by atoms with Gasteiger partial charge in [-0.3, -0.25) is 0 Å². The van der Waals surface area contributed by atoms with Gasteiger partial charge in [-0.25, -0.2) is 0 Å². The highest BCUT2D eigenvalue weighted by Gasteiger charge is 2.43. The first-order chi connectivity index (χ1) is 12.9. The van der Waals surface area contributed by atoms with Crippen LogP contribution in [0.4, 0.5) is 0 Å². The molecule has 0 spiro atoms. The molecule has 3 nitrogen and oxygen atoms in total. The Morgan fingerprint density at radius 3 is 2.19 bits per heavy atom. The Labute approximate surface area is 169 Å². The molecular formula is C24H47N3. The molecule has 2 heterocycles. The van der Waals surface area contributed by atoms with Crippen LogP contribution in [0.25, 0.3) is 0 Å². The topological polar surface area (TPSA) is 18.5 Å². The third-order valence-electron chi connectivity index (χ3n) is 7.89. The SMILES string of the molecule is CCC1(CCNCC2(CC(C)C)CC2)CN(CC2CCN(C(C)C)CC2)C1. The van der Waals surface area contributed by atoms with Gasteiger partial charge in [-0.15, -0.1) is 0 Å². The van der Waals surface area contributed by atoms with Gasteiger partial charge in [0, 0.05) is 32.2 Å². The van der Waals surface area contributed by atoms with Gasteiger partial charge in [0.2, 0.25) is 0 Å². The summed E-state index contributed by atoms with van der Waals surface area (Å²) in [7, 11) is 0.